The molecule has 6 aromatic heterocycles. The molecule has 0 saturated carbocycles. The van der Waals surface area contributed by atoms with Crippen molar-refractivity contribution in [3.63, 3.8) is 0 Å². The first-order chi connectivity index (χ1) is 52.8. The molecule has 0 spiro atoms. The standard InChI is InChI=1S/C56H52N4O2P2.C20H22O2.C18H16ClN2P/c1-37-33-57(49-25-13-9-19-43(37)49)63(58-34-38(2)44-20-10-14-26-50(44)58)61-53-31-29-41-17-5-7-23-47(41)55(53)56-48-24-8-6-18-42(48)30-32-54(56)62-64(59-35-39(3)45-21-11-15-27-51(45)59)60-36-40(4)46-22-12-16-28-52(46)60;21-17-11-9-13-5-1-3-7-15(13)19(17)20-16-8-4-2-6-14(16)10-12-18(20)22;1-13-11-20(17-9-5-3-7-15(13)17)22(19)21-12-14(2)16-8-4-6-10-18(16)21/h9-16,19-22,25-36H,5-8,17-18,23-24H2,1-4H3;9-12,21-22H,1-8H2;3-12H,1-2H3. The summed E-state index contributed by atoms with van der Waals surface area (Å²) in [5, 5.41) is 28.6. The van der Waals surface area contributed by atoms with Crippen molar-refractivity contribution in [1.29, 1.82) is 0 Å². The number of aromatic nitrogens is 6. The quantitative estimate of drug-likeness (QED) is 0.119. The number of rotatable bonds is 12. The molecule has 0 amide bonds. The summed E-state index contributed by atoms with van der Waals surface area (Å²) in [4.78, 5) is 0. The Hall–Kier alpha value is -9.78. The molecule has 20 rings (SSSR count). The molecule has 108 heavy (non-hydrogen) atoms. The second kappa shape index (κ2) is 29.3. The number of fused-ring (bicyclic) bond motifs is 10. The van der Waals surface area contributed by atoms with E-state index in [1.165, 1.54) is 193 Å². The first-order valence-corrected chi connectivity index (χ1v) is 43.1. The minimum absolute atomic E-state index is 0.315. The van der Waals surface area contributed by atoms with Crippen LogP contribution in [0.3, 0.4) is 0 Å². The van der Waals surface area contributed by atoms with Gasteiger partial charge >= 0.3 is 16.9 Å². The number of halogens is 1. The number of hydrogen-bond acceptors (Lipinski definition) is 4. The molecule has 0 unspecified atom stereocenters. The Bertz CT molecular complexity index is 5630. The monoisotopic (exact) mass is 1490 g/mol. The van der Waals surface area contributed by atoms with E-state index in [1.54, 1.807) is 12.1 Å². The maximum absolute atomic E-state index is 10.5. The molecule has 4 aliphatic rings. The van der Waals surface area contributed by atoms with Crippen LogP contribution in [-0.2, 0) is 51.4 Å². The second-order valence-electron chi connectivity index (χ2n) is 30.1. The Morgan fingerprint density at radius 1 is 0.269 bits per heavy atom. The fourth-order valence-electron chi connectivity index (χ4n) is 18.0. The van der Waals surface area contributed by atoms with Gasteiger partial charge in [0, 0.05) is 91.8 Å². The van der Waals surface area contributed by atoms with E-state index in [0.29, 0.717) is 11.5 Å². The van der Waals surface area contributed by atoms with Gasteiger partial charge in [-0.05, 0) is 294 Å². The smallest absolute Gasteiger partial charge is 0.318 e. The van der Waals surface area contributed by atoms with Crippen molar-refractivity contribution in [3.8, 4) is 45.3 Å². The molecular formula is C94H90ClN6O4P3. The molecule has 14 heteroatoms. The molecule has 0 saturated heterocycles. The molecule has 0 aliphatic heterocycles. The van der Waals surface area contributed by atoms with Crippen LogP contribution in [0.1, 0.15) is 129 Å². The fraction of sp³-hybridized carbons (Fsp3) is 0.234. The van der Waals surface area contributed by atoms with E-state index >= 15 is 0 Å². The number of phenolic OH excluding ortho intramolecular Hbond substituents is 2. The van der Waals surface area contributed by atoms with E-state index in [1.807, 2.05) is 0 Å². The zero-order valence-electron chi connectivity index (χ0n) is 62.4. The van der Waals surface area contributed by atoms with Gasteiger partial charge in [0.05, 0.1) is 33.1 Å². The van der Waals surface area contributed by atoms with Gasteiger partial charge in [-0.25, -0.2) is 0 Å². The third-order valence-electron chi connectivity index (χ3n) is 23.3. The summed E-state index contributed by atoms with van der Waals surface area (Å²) in [6, 6.07) is 69.0. The highest BCUT2D eigenvalue weighted by atomic mass is 35.7. The molecule has 2 N–H and O–H groups in total. The maximum atomic E-state index is 10.5. The van der Waals surface area contributed by atoms with E-state index in [9.17, 15) is 10.2 Å². The average molecular weight is 1500 g/mol. The highest BCUT2D eigenvalue weighted by molar-refractivity contribution is 7.81. The van der Waals surface area contributed by atoms with Gasteiger partial charge in [-0.1, -0.05) is 133 Å². The summed E-state index contributed by atoms with van der Waals surface area (Å²) < 4.78 is 29.7. The van der Waals surface area contributed by atoms with Crippen molar-refractivity contribution < 1.29 is 19.3 Å². The van der Waals surface area contributed by atoms with Crippen LogP contribution in [0.25, 0.3) is 87.7 Å². The molecule has 4 aliphatic carbocycles. The number of aryl methyl sites for hydroxylation is 10. The lowest BCUT2D eigenvalue weighted by atomic mass is 9.80. The summed E-state index contributed by atoms with van der Waals surface area (Å²) in [7, 11) is -3.94. The van der Waals surface area contributed by atoms with Gasteiger partial charge in [0.25, 0.3) is 0 Å². The van der Waals surface area contributed by atoms with Crippen LogP contribution >= 0.6 is 35.7 Å². The Labute approximate surface area is 640 Å². The van der Waals surface area contributed by atoms with Crippen LogP contribution in [0.2, 0.25) is 0 Å². The lowest BCUT2D eigenvalue weighted by Gasteiger charge is -2.31. The normalized spacial score (nSPS) is 14.2. The van der Waals surface area contributed by atoms with E-state index in [0.717, 1.165) is 86.8 Å². The summed E-state index contributed by atoms with van der Waals surface area (Å²) in [5.41, 5.74) is 29.7. The van der Waals surface area contributed by atoms with Gasteiger partial charge in [-0.2, -0.15) is 0 Å². The van der Waals surface area contributed by atoms with Crippen LogP contribution in [0, 0.1) is 41.5 Å². The summed E-state index contributed by atoms with van der Waals surface area (Å²) >= 11 is 6.91. The molecule has 542 valence electrons. The van der Waals surface area contributed by atoms with Crippen molar-refractivity contribution in [2.24, 2.45) is 0 Å². The van der Waals surface area contributed by atoms with Crippen LogP contribution in [0.5, 0.6) is 23.0 Å². The van der Waals surface area contributed by atoms with E-state index in [2.05, 4.69) is 287 Å². The summed E-state index contributed by atoms with van der Waals surface area (Å²) in [6.07, 6.45) is 31.3. The number of nitrogens with zero attached hydrogens (tertiary/aromatic N) is 6. The maximum Gasteiger partial charge on any atom is 0.318 e. The number of benzene rings is 10. The van der Waals surface area contributed by atoms with Crippen molar-refractivity contribution in [1.82, 2.24) is 26.0 Å². The minimum atomic E-state index is -1.46. The SMILES string of the molecule is Cc1cn(P(Cl)n2cc(C)c3ccccc32)c2ccccc12.Cc1cn(P(Oc2ccc3c(c2-c2c(OP(n4cc(C)c5ccccc54)n4cc(C)c5ccccc54)ccc4c2CCCC4)CCCC3)n2cc(C)c3ccccc32)c2ccccc12.Oc1ccc2c(c1-c1c(O)ccc3c1CCCC3)CCCC2. The van der Waals surface area contributed by atoms with Gasteiger partial charge in [-0.15, -0.1) is 0 Å². The Balaban J connectivity index is 0.000000150. The molecule has 6 heterocycles. The van der Waals surface area contributed by atoms with Gasteiger partial charge in [0.15, 0.2) is 0 Å². The molecule has 0 bridgehead atoms. The van der Waals surface area contributed by atoms with Crippen LogP contribution < -0.4 is 9.05 Å². The largest absolute Gasteiger partial charge is 0.507 e. The minimum Gasteiger partial charge on any atom is -0.507 e. The molecule has 10 aromatic carbocycles. The third-order valence-corrected chi connectivity index (χ3v) is 29.2. The molecule has 16 aromatic rings. The zero-order valence-corrected chi connectivity index (χ0v) is 65.8. The number of aromatic hydroxyl groups is 2. The average Bonchev–Trinajstić information content (AvgIpc) is 1.53. The highest BCUT2D eigenvalue weighted by Crippen LogP contribution is 2.58. The van der Waals surface area contributed by atoms with Crippen LogP contribution in [-0.4, -0.2) is 36.2 Å². The molecule has 0 atom stereocenters. The Kier molecular flexibility index (Phi) is 19.0. The van der Waals surface area contributed by atoms with Gasteiger partial charge in [-0.3, -0.25) is 26.0 Å². The first-order valence-electron chi connectivity index (χ1n) is 38.6. The fourth-order valence-corrected chi connectivity index (χ4v) is 24.1. The third kappa shape index (κ3) is 12.5. The number of phenols is 2. The Morgan fingerprint density at radius 3 is 0.769 bits per heavy atom. The van der Waals surface area contributed by atoms with Gasteiger partial charge in [0.2, 0.25) is 7.58 Å². The van der Waals surface area contributed by atoms with Gasteiger partial charge < -0.3 is 19.3 Å². The molecule has 0 fully saturated rings. The number of hydrogen-bond donors (Lipinski definition) is 2. The van der Waals surface area contributed by atoms with Crippen molar-refractivity contribution in [2.75, 3.05) is 0 Å². The van der Waals surface area contributed by atoms with E-state index in [4.69, 9.17) is 20.3 Å². The van der Waals surface area contributed by atoms with Crippen LogP contribution in [0.4, 0.5) is 0 Å². The van der Waals surface area contributed by atoms with Crippen LogP contribution in [0.15, 0.2) is 231 Å². The number of para-hydroxylation sites is 6. The first kappa shape index (κ1) is 69.9. The lowest BCUT2D eigenvalue weighted by molar-refractivity contribution is 0.466. The van der Waals surface area contributed by atoms with Crippen molar-refractivity contribution in [2.45, 2.75) is 144 Å². The van der Waals surface area contributed by atoms with E-state index in [-0.39, 0.29) is 0 Å². The predicted molar refractivity (Wildman–Crippen MR) is 454 cm³/mol. The van der Waals surface area contributed by atoms with Crippen molar-refractivity contribution in [3.05, 3.63) is 309 Å². The summed E-state index contributed by atoms with van der Waals surface area (Å²) in [6.45, 7) is 13.2. The zero-order chi connectivity index (χ0) is 73.4. The predicted octanol–water partition coefficient (Wildman–Crippen LogP) is 26.2. The molecular weight excluding hydrogens is 1410 g/mol. The highest BCUT2D eigenvalue weighted by Gasteiger charge is 2.34. The molecule has 10 nitrogen and oxygen atoms in total. The summed E-state index contributed by atoms with van der Waals surface area (Å²) in [5.74, 6) is 2.48. The lowest BCUT2D eigenvalue weighted by Crippen LogP contribution is -2.13. The molecule has 0 radical (unpaired) electrons. The Morgan fingerprint density at radius 2 is 0.491 bits per heavy atom. The van der Waals surface area contributed by atoms with Crippen molar-refractivity contribution >= 4 is 101 Å². The second-order valence-corrected chi connectivity index (χ2v) is 35.5. The van der Waals surface area contributed by atoms with E-state index < -0.39 is 24.5 Å². The topological polar surface area (TPSA) is 88.5 Å². The van der Waals surface area contributed by atoms with Gasteiger partial charge in [0.1, 0.15) is 23.0 Å².